The molecule has 0 aromatic carbocycles. The third kappa shape index (κ3) is 66.7. The minimum absolute atomic E-state index is 0.107. The molecule has 0 radical (unpaired) electrons. The standard InChI is InChI=1S/C73H142O17P2/c1-6-9-12-15-18-20-22-23-26-30-34-37-42-47-52-57-71(76)84-63-69(90-73(78)59-54-49-44-39-35-31-28-25-24-27-29-33-36-41-45-50-55-66(4)5)65-88-92(81,82)86-61-67(74)60-85-91(79,80)87-64-68(62-83-70(75)56-51-46-40-17-14-11-8-3)89-72(77)58-53-48-43-38-32-21-19-16-13-10-7-2/h66-69,74H,6-65H2,1-5H3,(H,79,80)(H,81,82)/t67-,68+,69+/m0/s1. The van der Waals surface area contributed by atoms with Crippen LogP contribution in [0.15, 0.2) is 0 Å². The molecule has 0 amide bonds. The molecule has 0 bridgehead atoms. The van der Waals surface area contributed by atoms with Crippen LogP contribution in [0.2, 0.25) is 0 Å². The summed E-state index contributed by atoms with van der Waals surface area (Å²) in [7, 11) is -9.90. The van der Waals surface area contributed by atoms with Gasteiger partial charge in [0, 0.05) is 25.7 Å². The molecular weight excluding hydrogens is 1210 g/mol. The van der Waals surface area contributed by atoms with Gasteiger partial charge in [-0.3, -0.25) is 37.3 Å². The van der Waals surface area contributed by atoms with E-state index < -0.39 is 97.5 Å². The van der Waals surface area contributed by atoms with Gasteiger partial charge in [-0.2, -0.15) is 0 Å². The van der Waals surface area contributed by atoms with E-state index in [0.29, 0.717) is 25.7 Å². The second kappa shape index (κ2) is 66.3. The van der Waals surface area contributed by atoms with Crippen LogP contribution in [0.4, 0.5) is 0 Å². The lowest BCUT2D eigenvalue weighted by molar-refractivity contribution is -0.161. The Morgan fingerprint density at radius 3 is 0.739 bits per heavy atom. The highest BCUT2D eigenvalue weighted by Gasteiger charge is 2.30. The highest BCUT2D eigenvalue weighted by Crippen LogP contribution is 2.45. The molecule has 0 aliphatic rings. The lowest BCUT2D eigenvalue weighted by atomic mass is 10.0. The minimum Gasteiger partial charge on any atom is -0.462 e. The smallest absolute Gasteiger partial charge is 0.462 e. The predicted octanol–water partition coefficient (Wildman–Crippen LogP) is 21.3. The number of carbonyl (C=O) groups excluding carboxylic acids is 4. The summed E-state index contributed by atoms with van der Waals surface area (Å²) in [5.41, 5.74) is 0. The van der Waals surface area contributed by atoms with Crippen LogP contribution >= 0.6 is 15.6 Å². The quantitative estimate of drug-likeness (QED) is 0.0222. The molecule has 19 heteroatoms. The Morgan fingerprint density at radius 2 is 0.500 bits per heavy atom. The van der Waals surface area contributed by atoms with Gasteiger partial charge in [0.25, 0.3) is 0 Å². The Kier molecular flexibility index (Phi) is 64.9. The molecule has 2 unspecified atom stereocenters. The molecule has 0 rings (SSSR count). The van der Waals surface area contributed by atoms with E-state index in [4.69, 9.17) is 37.0 Å². The van der Waals surface area contributed by atoms with Crippen LogP contribution in [0.25, 0.3) is 0 Å². The lowest BCUT2D eigenvalue weighted by Crippen LogP contribution is -2.30. The average Bonchev–Trinajstić information content (AvgIpc) is 2.16. The van der Waals surface area contributed by atoms with Gasteiger partial charge in [-0.25, -0.2) is 9.13 Å². The van der Waals surface area contributed by atoms with Gasteiger partial charge in [-0.1, -0.05) is 330 Å². The van der Waals surface area contributed by atoms with Crippen LogP contribution in [-0.2, 0) is 65.4 Å². The molecule has 0 saturated carbocycles. The number of ether oxygens (including phenoxy) is 4. The van der Waals surface area contributed by atoms with Crippen molar-refractivity contribution in [3.63, 3.8) is 0 Å². The van der Waals surface area contributed by atoms with Gasteiger partial charge < -0.3 is 33.8 Å². The maximum absolute atomic E-state index is 13.1. The van der Waals surface area contributed by atoms with Gasteiger partial charge in [0.2, 0.25) is 0 Å². The van der Waals surface area contributed by atoms with E-state index in [1.165, 1.54) is 193 Å². The van der Waals surface area contributed by atoms with Crippen LogP contribution in [0.5, 0.6) is 0 Å². The third-order valence-corrected chi connectivity index (χ3v) is 18.9. The number of unbranched alkanes of at least 4 members (excludes halogenated alkanes) is 45. The Labute approximate surface area is 562 Å². The molecule has 0 aliphatic heterocycles. The molecule has 0 aromatic rings. The highest BCUT2D eigenvalue weighted by molar-refractivity contribution is 7.47. The fourth-order valence-electron chi connectivity index (χ4n) is 11.2. The predicted molar refractivity (Wildman–Crippen MR) is 372 cm³/mol. The van der Waals surface area contributed by atoms with Gasteiger partial charge in [-0.05, 0) is 31.6 Å². The highest BCUT2D eigenvalue weighted by atomic mass is 31.2. The van der Waals surface area contributed by atoms with Gasteiger partial charge in [0.05, 0.1) is 26.4 Å². The molecule has 0 aromatic heterocycles. The number of hydrogen-bond donors (Lipinski definition) is 3. The van der Waals surface area contributed by atoms with Gasteiger partial charge in [0.15, 0.2) is 12.2 Å². The zero-order chi connectivity index (χ0) is 67.7. The molecule has 0 aliphatic carbocycles. The molecule has 0 saturated heterocycles. The summed E-state index contributed by atoms with van der Waals surface area (Å²) in [6.07, 6.45) is 54.2. The van der Waals surface area contributed by atoms with Crippen molar-refractivity contribution in [3.8, 4) is 0 Å². The number of aliphatic hydroxyl groups is 1. The summed E-state index contributed by atoms with van der Waals surface area (Å²) in [4.78, 5) is 72.5. The van der Waals surface area contributed by atoms with E-state index >= 15 is 0 Å². The molecule has 92 heavy (non-hydrogen) atoms. The SMILES string of the molecule is CCCCCCCCCCCCCCCCCC(=O)OC[C@H](COP(=O)(O)OC[C@@H](O)COP(=O)(O)OC[C@@H](COC(=O)CCCCCCCCC)OC(=O)CCCCCCCCCCCCC)OC(=O)CCCCCCCCCCCCCCCCCCC(C)C. The first kappa shape index (κ1) is 90.1. The first-order chi connectivity index (χ1) is 44.5. The average molecular weight is 1350 g/mol. The maximum Gasteiger partial charge on any atom is 0.472 e. The number of rotatable bonds is 73. The minimum atomic E-state index is -4.95. The van der Waals surface area contributed by atoms with E-state index in [-0.39, 0.29) is 25.7 Å². The fraction of sp³-hybridized carbons (Fsp3) is 0.945. The van der Waals surface area contributed by atoms with Crippen LogP contribution in [0.3, 0.4) is 0 Å². The Hall–Kier alpha value is -1.94. The molecule has 0 fully saturated rings. The van der Waals surface area contributed by atoms with Gasteiger partial charge in [-0.15, -0.1) is 0 Å². The van der Waals surface area contributed by atoms with E-state index in [1.54, 1.807) is 0 Å². The maximum atomic E-state index is 13.1. The third-order valence-electron chi connectivity index (χ3n) is 17.0. The molecule has 5 atom stereocenters. The molecule has 0 heterocycles. The van der Waals surface area contributed by atoms with Crippen LogP contribution in [0.1, 0.15) is 381 Å². The first-order valence-corrected chi connectivity index (χ1v) is 41.1. The van der Waals surface area contributed by atoms with Crippen LogP contribution in [0, 0.1) is 5.92 Å². The number of phosphoric acid groups is 2. The summed E-state index contributed by atoms with van der Waals surface area (Å²) in [5, 5.41) is 10.6. The molecular formula is C73H142O17P2. The Bertz CT molecular complexity index is 1770. The zero-order valence-corrected chi connectivity index (χ0v) is 61.5. The van der Waals surface area contributed by atoms with E-state index in [2.05, 4.69) is 34.6 Å². The fourth-order valence-corrected chi connectivity index (χ4v) is 12.8. The number of aliphatic hydroxyl groups excluding tert-OH is 1. The second-order valence-electron chi connectivity index (χ2n) is 26.8. The second-order valence-corrected chi connectivity index (χ2v) is 29.7. The van der Waals surface area contributed by atoms with E-state index in [1.807, 2.05) is 0 Å². The summed E-state index contributed by atoms with van der Waals surface area (Å²) >= 11 is 0. The van der Waals surface area contributed by atoms with Gasteiger partial charge in [0.1, 0.15) is 19.3 Å². The van der Waals surface area contributed by atoms with Crippen molar-refractivity contribution in [1.29, 1.82) is 0 Å². The van der Waals surface area contributed by atoms with E-state index in [9.17, 15) is 43.2 Å². The largest absolute Gasteiger partial charge is 0.472 e. The topological polar surface area (TPSA) is 237 Å². The molecule has 3 N–H and O–H groups in total. The molecule has 0 spiro atoms. The number of hydrogen-bond acceptors (Lipinski definition) is 15. The first-order valence-electron chi connectivity index (χ1n) is 38.1. The number of carbonyl (C=O) groups is 4. The van der Waals surface area contributed by atoms with Crippen molar-refractivity contribution in [3.05, 3.63) is 0 Å². The number of esters is 4. The normalized spacial score (nSPS) is 14.0. The van der Waals surface area contributed by atoms with Crippen molar-refractivity contribution in [2.75, 3.05) is 39.6 Å². The molecule has 17 nitrogen and oxygen atoms in total. The van der Waals surface area contributed by atoms with Gasteiger partial charge >= 0.3 is 39.5 Å². The van der Waals surface area contributed by atoms with Crippen LogP contribution in [-0.4, -0.2) is 96.7 Å². The summed E-state index contributed by atoms with van der Waals surface area (Å²) < 4.78 is 68.3. The van der Waals surface area contributed by atoms with E-state index in [0.717, 1.165) is 109 Å². The van der Waals surface area contributed by atoms with Crippen molar-refractivity contribution in [1.82, 2.24) is 0 Å². The van der Waals surface area contributed by atoms with Crippen molar-refractivity contribution < 1.29 is 80.2 Å². The van der Waals surface area contributed by atoms with Crippen LogP contribution < -0.4 is 0 Å². The summed E-state index contributed by atoms with van der Waals surface area (Å²) in [6, 6.07) is 0. The number of phosphoric ester groups is 2. The lowest BCUT2D eigenvalue weighted by Gasteiger charge is -2.21. The monoisotopic (exact) mass is 1350 g/mol. The Morgan fingerprint density at radius 1 is 0.293 bits per heavy atom. The Balaban J connectivity index is 5.18. The molecule has 546 valence electrons. The van der Waals surface area contributed by atoms with Crippen molar-refractivity contribution in [2.45, 2.75) is 400 Å². The van der Waals surface area contributed by atoms with Crippen molar-refractivity contribution in [2.24, 2.45) is 5.92 Å². The summed E-state index contributed by atoms with van der Waals surface area (Å²) in [5.74, 6) is -1.31. The summed E-state index contributed by atoms with van der Waals surface area (Å²) in [6.45, 7) is 7.26. The zero-order valence-electron chi connectivity index (χ0n) is 59.7. The van der Waals surface area contributed by atoms with Crippen molar-refractivity contribution >= 4 is 39.5 Å².